The van der Waals surface area contributed by atoms with Gasteiger partial charge in [-0.2, -0.15) is 0 Å². The maximum atomic E-state index is 13.7. The summed E-state index contributed by atoms with van der Waals surface area (Å²) in [6.07, 6.45) is 0. The normalized spacial score (nSPS) is 13.9. The first-order valence-corrected chi connectivity index (χ1v) is 13.5. The first-order chi connectivity index (χ1) is 20.4. The third kappa shape index (κ3) is 5.37. The number of imide groups is 1. The van der Waals surface area contributed by atoms with Gasteiger partial charge in [0.1, 0.15) is 22.2 Å². The fraction of sp³-hybridized carbons (Fsp3) is 0.0645. The highest BCUT2D eigenvalue weighted by Gasteiger charge is 2.40. The van der Waals surface area contributed by atoms with E-state index >= 15 is 0 Å². The van der Waals surface area contributed by atoms with Gasteiger partial charge in [0, 0.05) is 21.8 Å². The van der Waals surface area contributed by atoms with Gasteiger partial charge < -0.3 is 24.8 Å². The SMILES string of the molecule is COc1ccc(N2C(=O)C(Nc3ccc(F)cc3)=C(Sc3cccc(NC(=O)c4ccc5c(c4)OCO5)c3)C2=O)cc1. The first kappa shape index (κ1) is 26.9. The number of anilines is 3. The minimum atomic E-state index is -0.566. The zero-order chi connectivity index (χ0) is 29.2. The van der Waals surface area contributed by atoms with E-state index in [1.165, 1.54) is 31.4 Å². The van der Waals surface area contributed by atoms with Gasteiger partial charge in [0.2, 0.25) is 6.79 Å². The molecule has 2 N–H and O–H groups in total. The number of ether oxygens (including phenoxy) is 3. The van der Waals surface area contributed by atoms with Crippen molar-refractivity contribution in [3.63, 3.8) is 0 Å². The zero-order valence-corrected chi connectivity index (χ0v) is 22.9. The van der Waals surface area contributed by atoms with E-state index in [2.05, 4.69) is 10.6 Å². The van der Waals surface area contributed by atoms with Crippen molar-refractivity contribution in [1.29, 1.82) is 0 Å². The topological polar surface area (TPSA) is 106 Å². The maximum Gasteiger partial charge on any atom is 0.283 e. The molecule has 0 aromatic heterocycles. The molecule has 0 atom stereocenters. The van der Waals surface area contributed by atoms with Gasteiger partial charge in [-0.1, -0.05) is 17.8 Å². The van der Waals surface area contributed by atoms with Gasteiger partial charge in [0.15, 0.2) is 11.5 Å². The van der Waals surface area contributed by atoms with Crippen LogP contribution in [0.25, 0.3) is 0 Å². The van der Waals surface area contributed by atoms with Crippen molar-refractivity contribution in [3.05, 3.63) is 113 Å². The molecule has 0 spiro atoms. The molecule has 4 aromatic rings. The number of fused-ring (bicyclic) bond motifs is 1. The van der Waals surface area contributed by atoms with Crippen LogP contribution in [0.1, 0.15) is 10.4 Å². The van der Waals surface area contributed by atoms with E-state index in [0.717, 1.165) is 16.7 Å². The number of carbonyl (C=O) groups excluding carboxylic acids is 3. The molecular weight excluding hydrogens is 561 g/mol. The van der Waals surface area contributed by atoms with E-state index in [0.29, 0.717) is 44.8 Å². The number of thioether (sulfide) groups is 1. The number of nitrogens with one attached hydrogen (secondary N) is 2. The van der Waals surface area contributed by atoms with Gasteiger partial charge in [0.05, 0.1) is 12.8 Å². The molecular formula is C31H22FN3O6S. The van der Waals surface area contributed by atoms with Gasteiger partial charge >= 0.3 is 0 Å². The molecule has 11 heteroatoms. The van der Waals surface area contributed by atoms with Crippen LogP contribution in [-0.4, -0.2) is 31.6 Å². The van der Waals surface area contributed by atoms with Gasteiger partial charge in [-0.3, -0.25) is 14.4 Å². The Bertz CT molecular complexity index is 1740. The number of benzene rings is 4. The lowest BCUT2D eigenvalue weighted by atomic mass is 10.2. The van der Waals surface area contributed by atoms with Crippen molar-refractivity contribution < 1.29 is 33.0 Å². The maximum absolute atomic E-state index is 13.7. The quantitative estimate of drug-likeness (QED) is 0.251. The van der Waals surface area contributed by atoms with Gasteiger partial charge in [-0.05, 0) is 84.9 Å². The van der Waals surface area contributed by atoms with Gasteiger partial charge in [0.25, 0.3) is 17.7 Å². The number of hydrogen-bond donors (Lipinski definition) is 2. The molecule has 210 valence electrons. The Morgan fingerprint density at radius 2 is 1.64 bits per heavy atom. The number of halogens is 1. The average Bonchev–Trinajstić information content (AvgIpc) is 3.56. The van der Waals surface area contributed by atoms with Crippen LogP contribution in [0, 0.1) is 5.82 Å². The summed E-state index contributed by atoms with van der Waals surface area (Å²) in [5.74, 6) is -0.249. The van der Waals surface area contributed by atoms with Crippen LogP contribution >= 0.6 is 11.8 Å². The van der Waals surface area contributed by atoms with Crippen LogP contribution in [0.2, 0.25) is 0 Å². The molecule has 0 fully saturated rings. The van der Waals surface area contributed by atoms with Crippen LogP contribution in [0.3, 0.4) is 0 Å². The molecule has 2 heterocycles. The van der Waals surface area contributed by atoms with Crippen molar-refractivity contribution in [2.24, 2.45) is 0 Å². The van der Waals surface area contributed by atoms with Crippen LogP contribution < -0.4 is 29.7 Å². The zero-order valence-electron chi connectivity index (χ0n) is 22.1. The average molecular weight is 584 g/mol. The minimum Gasteiger partial charge on any atom is -0.497 e. The van der Waals surface area contributed by atoms with Crippen LogP contribution in [0.15, 0.2) is 106 Å². The van der Waals surface area contributed by atoms with Crippen LogP contribution in [0.5, 0.6) is 17.2 Å². The Kier molecular flexibility index (Phi) is 7.24. The molecule has 42 heavy (non-hydrogen) atoms. The molecule has 4 aromatic carbocycles. The van der Waals surface area contributed by atoms with Crippen molar-refractivity contribution in [2.45, 2.75) is 4.90 Å². The molecule has 0 radical (unpaired) electrons. The molecule has 0 saturated carbocycles. The second kappa shape index (κ2) is 11.3. The summed E-state index contributed by atoms with van der Waals surface area (Å²) in [5.41, 5.74) is 1.72. The number of methoxy groups -OCH3 is 1. The highest BCUT2D eigenvalue weighted by Crippen LogP contribution is 2.39. The number of amides is 3. The number of carbonyl (C=O) groups is 3. The highest BCUT2D eigenvalue weighted by molar-refractivity contribution is 8.04. The summed E-state index contributed by atoms with van der Waals surface area (Å²) in [6.45, 7) is 0.102. The summed E-state index contributed by atoms with van der Waals surface area (Å²) in [6, 6.07) is 23.8. The number of nitrogens with zero attached hydrogens (tertiary/aromatic N) is 1. The molecule has 0 bridgehead atoms. The molecule has 2 aliphatic rings. The molecule has 3 amide bonds. The highest BCUT2D eigenvalue weighted by atomic mass is 32.2. The third-order valence-corrected chi connectivity index (χ3v) is 7.50. The molecule has 0 saturated heterocycles. The predicted molar refractivity (Wildman–Crippen MR) is 155 cm³/mol. The van der Waals surface area contributed by atoms with E-state index in [-0.39, 0.29) is 23.3 Å². The molecule has 0 unspecified atom stereocenters. The standard InChI is InChI=1S/C31H22FN3O6S/c1-39-23-12-10-22(11-13-23)35-30(37)27(33-20-8-6-19(32)7-9-20)28(31(35)38)42-24-4-2-3-21(16-24)34-29(36)18-5-14-25-26(15-18)41-17-40-25/h2-16,33H,17H2,1H3,(H,34,36). The van der Waals surface area contributed by atoms with E-state index in [4.69, 9.17) is 14.2 Å². The number of rotatable bonds is 8. The number of hydrogen-bond acceptors (Lipinski definition) is 8. The van der Waals surface area contributed by atoms with E-state index in [1.54, 1.807) is 66.7 Å². The Labute approximate surface area is 243 Å². The molecule has 2 aliphatic heterocycles. The summed E-state index contributed by atoms with van der Waals surface area (Å²) < 4.78 is 29.4. The van der Waals surface area contributed by atoms with Gasteiger partial charge in [-0.15, -0.1) is 0 Å². The summed E-state index contributed by atoms with van der Waals surface area (Å²) in [4.78, 5) is 42.0. The molecule has 0 aliphatic carbocycles. The van der Waals surface area contributed by atoms with E-state index in [9.17, 15) is 18.8 Å². The minimum absolute atomic E-state index is 0.0437. The van der Waals surface area contributed by atoms with Crippen molar-refractivity contribution in [2.75, 3.05) is 29.4 Å². The molecule has 6 rings (SSSR count). The largest absolute Gasteiger partial charge is 0.497 e. The Morgan fingerprint density at radius 1 is 0.881 bits per heavy atom. The van der Waals surface area contributed by atoms with Crippen molar-refractivity contribution in [1.82, 2.24) is 0 Å². The Hall–Kier alpha value is -5.29. The summed E-state index contributed by atoms with van der Waals surface area (Å²) in [7, 11) is 1.52. The summed E-state index contributed by atoms with van der Waals surface area (Å²) >= 11 is 1.07. The van der Waals surface area contributed by atoms with Crippen LogP contribution in [-0.2, 0) is 9.59 Å². The first-order valence-electron chi connectivity index (χ1n) is 12.7. The predicted octanol–water partition coefficient (Wildman–Crippen LogP) is 5.80. The third-order valence-electron chi connectivity index (χ3n) is 6.43. The van der Waals surface area contributed by atoms with E-state index in [1.807, 2.05) is 0 Å². The lowest BCUT2D eigenvalue weighted by Gasteiger charge is -2.15. The van der Waals surface area contributed by atoms with E-state index < -0.39 is 17.6 Å². The van der Waals surface area contributed by atoms with Gasteiger partial charge in [-0.25, -0.2) is 9.29 Å². The smallest absolute Gasteiger partial charge is 0.283 e. The lowest BCUT2D eigenvalue weighted by molar-refractivity contribution is -0.120. The monoisotopic (exact) mass is 583 g/mol. The van der Waals surface area contributed by atoms with Crippen LogP contribution in [0.4, 0.5) is 21.5 Å². The Balaban J connectivity index is 1.28. The fourth-order valence-corrected chi connectivity index (χ4v) is 5.34. The Morgan fingerprint density at radius 3 is 2.40 bits per heavy atom. The summed E-state index contributed by atoms with van der Waals surface area (Å²) in [5, 5.41) is 5.84. The second-order valence-corrected chi connectivity index (χ2v) is 10.2. The second-order valence-electron chi connectivity index (χ2n) is 9.13. The van der Waals surface area contributed by atoms with Crippen molar-refractivity contribution >= 4 is 46.5 Å². The fourth-order valence-electron chi connectivity index (χ4n) is 4.35. The molecule has 9 nitrogen and oxygen atoms in total. The van der Waals surface area contributed by atoms with Crippen molar-refractivity contribution in [3.8, 4) is 17.2 Å². The lowest BCUT2D eigenvalue weighted by Crippen LogP contribution is -2.32.